The molecular weight excluding hydrogens is 392 g/mol. The van der Waals surface area contributed by atoms with Crippen molar-refractivity contribution >= 4 is 35.0 Å². The summed E-state index contributed by atoms with van der Waals surface area (Å²) >= 11 is 3.17. The Labute approximate surface area is 174 Å². The number of thiazole rings is 1. The summed E-state index contributed by atoms with van der Waals surface area (Å²) in [6, 6.07) is 7.74. The lowest BCUT2D eigenvalue weighted by molar-refractivity contribution is -0.140. The van der Waals surface area contributed by atoms with Crippen LogP contribution in [0.25, 0.3) is 0 Å². The molecule has 2 heterocycles. The van der Waals surface area contributed by atoms with Gasteiger partial charge in [-0.15, -0.1) is 23.1 Å². The zero-order chi connectivity index (χ0) is 20.1. The van der Waals surface area contributed by atoms with E-state index in [0.717, 1.165) is 34.9 Å². The zero-order valence-electron chi connectivity index (χ0n) is 16.5. The van der Waals surface area contributed by atoms with Crippen LogP contribution < -0.4 is 0 Å². The Kier molecular flexibility index (Phi) is 7.13. The van der Waals surface area contributed by atoms with Crippen molar-refractivity contribution in [1.82, 2.24) is 9.88 Å². The maximum Gasteiger partial charge on any atom is 0.339 e. The molecule has 5 nitrogen and oxygen atoms in total. The van der Waals surface area contributed by atoms with E-state index in [0.29, 0.717) is 11.3 Å². The van der Waals surface area contributed by atoms with Gasteiger partial charge in [-0.25, -0.2) is 9.78 Å². The summed E-state index contributed by atoms with van der Waals surface area (Å²) in [6.07, 6.45) is 3.13. The monoisotopic (exact) mass is 418 g/mol. The van der Waals surface area contributed by atoms with E-state index in [1.807, 2.05) is 35.4 Å². The third kappa shape index (κ3) is 5.14. The number of thioether (sulfide) groups is 1. The molecule has 28 heavy (non-hydrogen) atoms. The number of aryl methyl sites for hydroxylation is 1. The lowest BCUT2D eigenvalue weighted by Gasteiger charge is -2.38. The molecule has 1 aromatic heterocycles. The average molecular weight is 419 g/mol. The number of nitrogens with zero attached hydrogens (tertiary/aromatic N) is 2. The second-order valence-electron chi connectivity index (χ2n) is 7.15. The number of benzene rings is 1. The molecule has 1 fully saturated rings. The molecule has 2 atom stereocenters. The van der Waals surface area contributed by atoms with Crippen LogP contribution in [-0.4, -0.2) is 40.5 Å². The fraction of sp³-hybridized carbons (Fsp3) is 0.476. The molecule has 0 N–H and O–H groups in total. The summed E-state index contributed by atoms with van der Waals surface area (Å²) in [5, 5.41) is 3.06. The van der Waals surface area contributed by atoms with Crippen molar-refractivity contribution in [1.29, 1.82) is 0 Å². The molecule has 150 valence electrons. The first-order valence-electron chi connectivity index (χ1n) is 9.57. The number of hydrogen-bond acceptors (Lipinski definition) is 6. The number of esters is 1. The largest absolute Gasteiger partial charge is 0.452 e. The number of likely N-dealkylation sites (tertiary alicyclic amines) is 1. The van der Waals surface area contributed by atoms with Gasteiger partial charge < -0.3 is 9.64 Å². The number of hydrogen-bond donors (Lipinski definition) is 0. The van der Waals surface area contributed by atoms with Crippen LogP contribution in [0.15, 0.2) is 34.5 Å². The maximum atomic E-state index is 12.6. The smallest absolute Gasteiger partial charge is 0.339 e. The van der Waals surface area contributed by atoms with E-state index in [2.05, 4.69) is 18.8 Å². The van der Waals surface area contributed by atoms with Crippen molar-refractivity contribution in [3.8, 4) is 0 Å². The van der Waals surface area contributed by atoms with Gasteiger partial charge in [0.2, 0.25) is 0 Å². The van der Waals surface area contributed by atoms with Crippen LogP contribution in [0, 0.1) is 6.92 Å². The predicted octanol–water partition coefficient (Wildman–Crippen LogP) is 4.69. The maximum absolute atomic E-state index is 12.6. The SMILES string of the molecule is Cc1nc(CSc2ccccc2C(=O)OCC(=O)N2C(C)CCCC2C)cs1. The number of piperidine rings is 1. The second-order valence-corrected chi connectivity index (χ2v) is 9.23. The van der Waals surface area contributed by atoms with Gasteiger partial charge in [-0.2, -0.15) is 0 Å². The molecule has 2 unspecified atom stereocenters. The Hall–Kier alpha value is -1.86. The first kappa shape index (κ1) is 20.9. The molecule has 1 aromatic carbocycles. The van der Waals surface area contributed by atoms with Gasteiger partial charge in [-0.3, -0.25) is 4.79 Å². The molecule has 0 bridgehead atoms. The van der Waals surface area contributed by atoms with E-state index in [-0.39, 0.29) is 24.6 Å². The Morgan fingerprint density at radius 1 is 1.25 bits per heavy atom. The van der Waals surface area contributed by atoms with Gasteiger partial charge in [-0.1, -0.05) is 12.1 Å². The van der Waals surface area contributed by atoms with E-state index in [1.54, 1.807) is 29.2 Å². The van der Waals surface area contributed by atoms with Crippen molar-refractivity contribution in [2.75, 3.05) is 6.61 Å². The van der Waals surface area contributed by atoms with Gasteiger partial charge in [0.15, 0.2) is 6.61 Å². The highest BCUT2D eigenvalue weighted by atomic mass is 32.2. The molecule has 7 heteroatoms. The predicted molar refractivity (Wildman–Crippen MR) is 113 cm³/mol. The standard InChI is InChI=1S/C21H26N2O3S2/c1-14-7-6-8-15(2)23(14)20(24)11-26-21(25)18-9-4-5-10-19(18)28-13-17-12-27-16(3)22-17/h4-5,9-10,12,14-15H,6-8,11,13H2,1-3H3. The summed E-state index contributed by atoms with van der Waals surface area (Å²) in [5.41, 5.74) is 1.49. The highest BCUT2D eigenvalue weighted by Gasteiger charge is 2.29. The van der Waals surface area contributed by atoms with Crippen LogP contribution in [0.3, 0.4) is 0 Å². The van der Waals surface area contributed by atoms with E-state index < -0.39 is 5.97 Å². The molecule has 1 saturated heterocycles. The van der Waals surface area contributed by atoms with Crippen molar-refractivity contribution in [3.63, 3.8) is 0 Å². The fourth-order valence-electron chi connectivity index (χ4n) is 3.58. The van der Waals surface area contributed by atoms with E-state index in [4.69, 9.17) is 4.74 Å². The van der Waals surface area contributed by atoms with Crippen LogP contribution in [0.4, 0.5) is 0 Å². The van der Waals surface area contributed by atoms with Crippen molar-refractivity contribution < 1.29 is 14.3 Å². The van der Waals surface area contributed by atoms with Crippen molar-refractivity contribution in [2.45, 2.75) is 62.8 Å². The van der Waals surface area contributed by atoms with Gasteiger partial charge in [-0.05, 0) is 52.2 Å². The zero-order valence-corrected chi connectivity index (χ0v) is 18.1. The van der Waals surface area contributed by atoms with Gasteiger partial charge >= 0.3 is 5.97 Å². The summed E-state index contributed by atoms with van der Waals surface area (Å²) in [6.45, 7) is 5.88. The van der Waals surface area contributed by atoms with E-state index in [1.165, 1.54) is 0 Å². The number of ether oxygens (including phenoxy) is 1. The molecule has 0 saturated carbocycles. The number of carbonyl (C=O) groups excluding carboxylic acids is 2. The van der Waals surface area contributed by atoms with Crippen molar-refractivity contribution in [2.24, 2.45) is 0 Å². The summed E-state index contributed by atoms with van der Waals surface area (Å²) < 4.78 is 5.38. The third-order valence-corrected chi connectivity index (χ3v) is 6.89. The van der Waals surface area contributed by atoms with E-state index >= 15 is 0 Å². The molecular formula is C21H26N2O3S2. The highest BCUT2D eigenvalue weighted by molar-refractivity contribution is 7.98. The van der Waals surface area contributed by atoms with E-state index in [9.17, 15) is 9.59 Å². The average Bonchev–Trinajstić information content (AvgIpc) is 3.10. The summed E-state index contributed by atoms with van der Waals surface area (Å²) in [7, 11) is 0. The molecule has 1 aliphatic heterocycles. The highest BCUT2D eigenvalue weighted by Crippen LogP contribution is 2.27. The molecule has 3 rings (SSSR count). The van der Waals surface area contributed by atoms with Crippen molar-refractivity contribution in [3.05, 3.63) is 45.9 Å². The number of aromatic nitrogens is 1. The molecule has 1 aliphatic rings. The summed E-state index contributed by atoms with van der Waals surface area (Å²) in [5.74, 6) is 0.121. The minimum Gasteiger partial charge on any atom is -0.452 e. The molecule has 0 radical (unpaired) electrons. The minimum atomic E-state index is -0.455. The lowest BCUT2D eigenvalue weighted by Crippen LogP contribution is -2.49. The first-order valence-corrected chi connectivity index (χ1v) is 11.4. The van der Waals surface area contributed by atoms with Crippen LogP contribution in [0.1, 0.15) is 54.2 Å². The van der Waals surface area contributed by atoms with Gasteiger partial charge in [0, 0.05) is 28.1 Å². The lowest BCUT2D eigenvalue weighted by atomic mass is 9.97. The Balaban J connectivity index is 1.60. The minimum absolute atomic E-state index is 0.115. The van der Waals surface area contributed by atoms with Crippen LogP contribution in [-0.2, 0) is 15.3 Å². The molecule has 0 spiro atoms. The van der Waals surface area contributed by atoms with Gasteiger partial charge in [0.25, 0.3) is 5.91 Å². The summed E-state index contributed by atoms with van der Waals surface area (Å²) in [4.78, 5) is 32.4. The Morgan fingerprint density at radius 3 is 2.64 bits per heavy atom. The third-order valence-electron chi connectivity index (χ3n) is 4.96. The number of rotatable bonds is 6. The normalized spacial score (nSPS) is 19.5. The topological polar surface area (TPSA) is 59.5 Å². The molecule has 2 aromatic rings. The second kappa shape index (κ2) is 9.56. The Bertz CT molecular complexity index is 827. The quantitative estimate of drug-likeness (QED) is 0.503. The molecule has 1 amide bonds. The van der Waals surface area contributed by atoms with Crippen LogP contribution in [0.2, 0.25) is 0 Å². The first-order chi connectivity index (χ1) is 13.5. The van der Waals surface area contributed by atoms with Gasteiger partial charge in [0.1, 0.15) is 0 Å². The molecule has 0 aliphatic carbocycles. The number of amides is 1. The Morgan fingerprint density at radius 2 is 1.96 bits per heavy atom. The van der Waals surface area contributed by atoms with Crippen LogP contribution in [0.5, 0.6) is 0 Å². The number of carbonyl (C=O) groups is 2. The van der Waals surface area contributed by atoms with Crippen LogP contribution >= 0.6 is 23.1 Å². The van der Waals surface area contributed by atoms with Gasteiger partial charge in [0.05, 0.1) is 16.3 Å². The fourth-order valence-corrected chi connectivity index (χ4v) is 5.23.